The van der Waals surface area contributed by atoms with Gasteiger partial charge in [0, 0.05) is 6.42 Å². The summed E-state index contributed by atoms with van der Waals surface area (Å²) >= 11 is 0. The molecule has 0 aromatic heterocycles. The summed E-state index contributed by atoms with van der Waals surface area (Å²) in [5, 5.41) is 2.85. The fraction of sp³-hybridized carbons (Fsp3) is 0.143. The van der Waals surface area contributed by atoms with E-state index in [1.807, 2.05) is 0 Å². The Bertz CT molecular complexity index is 1010. The summed E-state index contributed by atoms with van der Waals surface area (Å²) in [6.07, 6.45) is 0.971. The van der Waals surface area contributed by atoms with Crippen molar-refractivity contribution in [1.82, 2.24) is 0 Å². The average Bonchev–Trinajstić information content (AvgIpc) is 2.82. The maximum Gasteiger partial charge on any atom is 0.118 e. The van der Waals surface area contributed by atoms with Crippen molar-refractivity contribution in [2.24, 2.45) is 0 Å². The van der Waals surface area contributed by atoms with Crippen LogP contribution >= 0.6 is 7.92 Å². The molecular weight excluding hydrogens is 383 g/mol. The van der Waals surface area contributed by atoms with Crippen LogP contribution in [0.15, 0.2) is 115 Å². The predicted molar refractivity (Wildman–Crippen MR) is 131 cm³/mol. The highest BCUT2D eigenvalue weighted by Crippen LogP contribution is 2.56. The van der Waals surface area contributed by atoms with Crippen molar-refractivity contribution in [3.8, 4) is 5.75 Å². The van der Waals surface area contributed by atoms with E-state index in [-0.39, 0.29) is 5.16 Å². The van der Waals surface area contributed by atoms with Crippen LogP contribution in [-0.4, -0.2) is 7.11 Å². The molecule has 1 nitrogen and oxygen atoms in total. The molecule has 0 spiro atoms. The molecule has 0 heterocycles. The van der Waals surface area contributed by atoms with Gasteiger partial charge in [0.1, 0.15) is 10.9 Å². The van der Waals surface area contributed by atoms with Gasteiger partial charge in [0.15, 0.2) is 0 Å². The van der Waals surface area contributed by atoms with Gasteiger partial charge in [-0.2, -0.15) is 0 Å². The summed E-state index contributed by atoms with van der Waals surface area (Å²) in [4.78, 5) is 0. The molecule has 2 heteroatoms. The third kappa shape index (κ3) is 4.32. The molecule has 0 saturated heterocycles. The van der Waals surface area contributed by atoms with E-state index in [4.69, 9.17) is 4.74 Å². The Balaban J connectivity index is 1.87. The molecule has 4 aromatic rings. The Kier molecular flexibility index (Phi) is 6.31. The van der Waals surface area contributed by atoms with Gasteiger partial charge in [0.05, 0.1) is 25.6 Å². The molecule has 1 unspecified atom stereocenters. The van der Waals surface area contributed by atoms with Crippen LogP contribution in [0.25, 0.3) is 0 Å². The minimum Gasteiger partial charge on any atom is -0.497 e. The van der Waals surface area contributed by atoms with Gasteiger partial charge in [-0.25, -0.2) is 0 Å². The van der Waals surface area contributed by atoms with Gasteiger partial charge in [-0.3, -0.25) is 0 Å². The van der Waals surface area contributed by atoms with Crippen LogP contribution in [-0.2, 0) is 11.6 Å². The Morgan fingerprint density at radius 1 is 0.633 bits per heavy atom. The Morgan fingerprint density at radius 3 is 1.57 bits per heavy atom. The normalized spacial score (nSPS) is 13.0. The van der Waals surface area contributed by atoms with Gasteiger partial charge in [0.25, 0.3) is 0 Å². The van der Waals surface area contributed by atoms with Crippen LogP contribution in [0.4, 0.5) is 0 Å². The smallest absolute Gasteiger partial charge is 0.118 e. The largest absolute Gasteiger partial charge is 0.497 e. The highest BCUT2D eigenvalue weighted by Gasteiger charge is 2.45. The molecule has 0 fully saturated rings. The third-order valence-electron chi connectivity index (χ3n) is 5.80. The lowest BCUT2D eigenvalue weighted by Crippen LogP contribution is -2.32. The lowest BCUT2D eigenvalue weighted by Gasteiger charge is -2.33. The lowest BCUT2D eigenvalue weighted by molar-refractivity contribution is 0.414. The summed E-state index contributed by atoms with van der Waals surface area (Å²) in [7, 11) is 0.584. The van der Waals surface area contributed by atoms with Crippen LogP contribution in [0.5, 0.6) is 5.75 Å². The maximum absolute atomic E-state index is 5.38. The van der Waals surface area contributed by atoms with Gasteiger partial charge < -0.3 is 4.74 Å². The molecule has 1 atom stereocenters. The molecule has 0 bridgehead atoms. The van der Waals surface area contributed by atoms with E-state index in [0.717, 1.165) is 12.2 Å². The Labute approximate surface area is 181 Å². The molecule has 30 heavy (non-hydrogen) atoms. The first-order valence-electron chi connectivity index (χ1n) is 10.4. The van der Waals surface area contributed by atoms with Crippen molar-refractivity contribution in [3.63, 3.8) is 0 Å². The molecular formula is C28H28OP+. The topological polar surface area (TPSA) is 9.23 Å². The van der Waals surface area contributed by atoms with Crippen molar-refractivity contribution in [3.05, 3.63) is 126 Å². The molecule has 0 saturated carbocycles. The third-order valence-corrected chi connectivity index (χ3v) is 9.19. The minimum absolute atomic E-state index is 0.0246. The van der Waals surface area contributed by atoms with Crippen LogP contribution in [0, 0.1) is 0 Å². The zero-order chi connectivity index (χ0) is 20.8. The summed E-state index contributed by atoms with van der Waals surface area (Å²) in [5.41, 5.74) is 2.72. The van der Waals surface area contributed by atoms with E-state index in [1.54, 1.807) is 7.11 Å². The van der Waals surface area contributed by atoms with Crippen molar-refractivity contribution in [2.75, 3.05) is 7.11 Å². The number of rotatable bonds is 7. The van der Waals surface area contributed by atoms with E-state index in [2.05, 4.69) is 122 Å². The van der Waals surface area contributed by atoms with E-state index in [1.165, 1.54) is 21.7 Å². The molecule has 0 aliphatic heterocycles. The van der Waals surface area contributed by atoms with Gasteiger partial charge in [-0.1, -0.05) is 78.9 Å². The van der Waals surface area contributed by atoms with E-state index < -0.39 is 7.92 Å². The van der Waals surface area contributed by atoms with Crippen LogP contribution in [0.3, 0.4) is 0 Å². The second-order valence-electron chi connectivity index (χ2n) is 7.83. The SMILES string of the molecule is COc1ccc(CC(C)(c2ccccc2)[PH+](c2ccccc2)c2ccccc2)cc1. The number of methoxy groups -OCH3 is 1. The van der Waals surface area contributed by atoms with Crippen LogP contribution in [0.1, 0.15) is 18.1 Å². The van der Waals surface area contributed by atoms with Gasteiger partial charge in [-0.15, -0.1) is 0 Å². The second kappa shape index (κ2) is 9.28. The first kappa shape index (κ1) is 20.4. The number of ether oxygens (including phenoxy) is 1. The zero-order valence-corrected chi connectivity index (χ0v) is 18.6. The number of hydrogen-bond acceptors (Lipinski definition) is 1. The first-order valence-corrected chi connectivity index (χ1v) is 11.9. The van der Waals surface area contributed by atoms with Gasteiger partial charge in [0.2, 0.25) is 0 Å². The predicted octanol–water partition coefficient (Wildman–Crippen LogP) is 6.02. The van der Waals surface area contributed by atoms with Gasteiger partial charge >= 0.3 is 0 Å². The second-order valence-corrected chi connectivity index (χ2v) is 10.8. The monoisotopic (exact) mass is 411 g/mol. The Hall–Kier alpha value is -2.89. The van der Waals surface area contributed by atoms with Crippen molar-refractivity contribution in [1.29, 1.82) is 0 Å². The summed E-state index contributed by atoms with van der Waals surface area (Å²) in [5.74, 6) is 0.900. The molecule has 0 radical (unpaired) electrons. The van der Waals surface area contributed by atoms with Crippen molar-refractivity contribution in [2.45, 2.75) is 18.5 Å². The van der Waals surface area contributed by atoms with Crippen LogP contribution in [0.2, 0.25) is 0 Å². The first-order chi connectivity index (χ1) is 14.7. The summed E-state index contributed by atoms with van der Waals surface area (Å²) in [6.45, 7) is 2.45. The minimum atomic E-state index is -1.13. The highest BCUT2D eigenvalue weighted by atomic mass is 31.1. The summed E-state index contributed by atoms with van der Waals surface area (Å²) in [6, 6.07) is 41.7. The van der Waals surface area contributed by atoms with E-state index in [0.29, 0.717) is 0 Å². The molecule has 4 rings (SSSR count). The molecule has 4 aromatic carbocycles. The average molecular weight is 412 g/mol. The highest BCUT2D eigenvalue weighted by molar-refractivity contribution is 7.74. The maximum atomic E-state index is 5.38. The molecule has 0 aliphatic carbocycles. The number of hydrogen-bond donors (Lipinski definition) is 0. The molecule has 150 valence electrons. The molecule has 0 aliphatic rings. The quantitative estimate of drug-likeness (QED) is 0.338. The van der Waals surface area contributed by atoms with Crippen LogP contribution < -0.4 is 15.3 Å². The van der Waals surface area contributed by atoms with Gasteiger partial charge in [-0.05, 0) is 54.4 Å². The zero-order valence-electron chi connectivity index (χ0n) is 17.6. The summed E-state index contributed by atoms with van der Waals surface area (Å²) < 4.78 is 5.38. The fourth-order valence-electron chi connectivity index (χ4n) is 4.31. The Morgan fingerprint density at radius 2 is 1.10 bits per heavy atom. The van der Waals surface area contributed by atoms with E-state index >= 15 is 0 Å². The lowest BCUT2D eigenvalue weighted by atomic mass is 9.92. The standard InChI is InChI=1S/C28H27OP/c1-28(24-12-6-3-7-13-24,22-23-18-20-25(29-2)21-19-23)30(26-14-8-4-9-15-26)27-16-10-5-11-17-27/h3-21H,22H2,1-2H3/p+1. The van der Waals surface area contributed by atoms with Crippen molar-refractivity contribution >= 4 is 18.5 Å². The van der Waals surface area contributed by atoms with Crippen molar-refractivity contribution < 1.29 is 4.74 Å². The van der Waals surface area contributed by atoms with E-state index in [9.17, 15) is 0 Å². The fourth-order valence-corrected chi connectivity index (χ4v) is 7.80. The molecule has 0 N–H and O–H groups in total. The number of benzene rings is 4. The molecule has 0 amide bonds.